The van der Waals surface area contributed by atoms with Gasteiger partial charge in [0, 0.05) is 12.8 Å². The highest BCUT2D eigenvalue weighted by Gasteiger charge is 2.25. The number of carboxylic acid groups (broad SMARTS) is 1. The molecule has 2 atom stereocenters. The first kappa shape index (κ1) is 59.7. The summed E-state index contributed by atoms with van der Waals surface area (Å²) in [6.07, 6.45) is 53.9. The average Bonchev–Trinajstić information content (AvgIpc) is 3.24. The standard InChI is InChI=1S/C54H93NO8/c1-6-8-10-12-14-16-18-19-20-21-22-23-24-25-26-27-28-29-30-31-32-33-35-37-39-41-43-45-52(57)63-50(49-62-54(53(58)59)60-47-46-55(3,4)5)48-61-51(56)44-42-40-38-36-34-17-15-13-11-9-7-2/h8,10,14,16,19-20,22-23,25-26,28-29,50,54H,6-7,9,11-13,15,17-18,21,24,27,30-49H2,1-5H3/p+1/b10-8-,16-14-,20-19-,23-22-,26-25-,29-28-. The summed E-state index contributed by atoms with van der Waals surface area (Å²) in [5.74, 6) is -2.02. The van der Waals surface area contributed by atoms with Crippen LogP contribution in [-0.2, 0) is 33.3 Å². The lowest BCUT2D eigenvalue weighted by Gasteiger charge is -2.25. The van der Waals surface area contributed by atoms with E-state index in [4.69, 9.17) is 18.9 Å². The second-order valence-electron chi connectivity index (χ2n) is 17.8. The highest BCUT2D eigenvalue weighted by atomic mass is 16.7. The summed E-state index contributed by atoms with van der Waals surface area (Å²) in [5, 5.41) is 9.65. The molecule has 0 rings (SSSR count). The van der Waals surface area contributed by atoms with Gasteiger partial charge in [0.2, 0.25) is 0 Å². The maximum atomic E-state index is 12.8. The number of hydrogen-bond donors (Lipinski definition) is 1. The molecule has 0 aliphatic heterocycles. The van der Waals surface area contributed by atoms with Crippen LogP contribution in [0.15, 0.2) is 72.9 Å². The fourth-order valence-corrected chi connectivity index (χ4v) is 6.60. The summed E-state index contributed by atoms with van der Waals surface area (Å²) < 4.78 is 22.7. The van der Waals surface area contributed by atoms with Crippen LogP contribution in [-0.4, -0.2) is 87.4 Å². The first-order valence-electron chi connectivity index (χ1n) is 25.1. The van der Waals surface area contributed by atoms with Crippen LogP contribution >= 0.6 is 0 Å². The molecule has 362 valence electrons. The van der Waals surface area contributed by atoms with Crippen LogP contribution in [0.2, 0.25) is 0 Å². The van der Waals surface area contributed by atoms with E-state index in [1.807, 2.05) is 21.1 Å². The van der Waals surface area contributed by atoms with E-state index in [0.29, 0.717) is 23.9 Å². The molecule has 0 aromatic rings. The molecule has 1 N–H and O–H groups in total. The molecule has 0 saturated heterocycles. The van der Waals surface area contributed by atoms with Gasteiger partial charge in [-0.1, -0.05) is 189 Å². The largest absolute Gasteiger partial charge is 0.477 e. The first-order chi connectivity index (χ1) is 30.6. The Labute approximate surface area is 386 Å². The highest BCUT2D eigenvalue weighted by Crippen LogP contribution is 2.14. The lowest BCUT2D eigenvalue weighted by Crippen LogP contribution is -2.40. The quantitative estimate of drug-likeness (QED) is 0.0212. The van der Waals surface area contributed by atoms with Crippen LogP contribution in [0.5, 0.6) is 0 Å². The lowest BCUT2D eigenvalue weighted by molar-refractivity contribution is -0.870. The van der Waals surface area contributed by atoms with E-state index in [-0.39, 0.29) is 32.2 Å². The summed E-state index contributed by atoms with van der Waals surface area (Å²) in [5.41, 5.74) is 0. The Hall–Kier alpha value is -3.27. The Morgan fingerprint density at radius 3 is 1.35 bits per heavy atom. The summed E-state index contributed by atoms with van der Waals surface area (Å²) >= 11 is 0. The fraction of sp³-hybridized carbons (Fsp3) is 0.722. The molecule has 0 aliphatic rings. The number of hydrogen-bond acceptors (Lipinski definition) is 7. The topological polar surface area (TPSA) is 108 Å². The first-order valence-corrected chi connectivity index (χ1v) is 25.1. The molecule has 9 heteroatoms. The lowest BCUT2D eigenvalue weighted by atomic mass is 10.1. The second-order valence-corrected chi connectivity index (χ2v) is 17.8. The Bertz CT molecular complexity index is 1260. The van der Waals surface area contributed by atoms with Gasteiger partial charge in [0.1, 0.15) is 13.2 Å². The summed E-state index contributed by atoms with van der Waals surface area (Å²) in [6.45, 7) is 4.73. The van der Waals surface area contributed by atoms with Gasteiger partial charge >= 0.3 is 17.9 Å². The van der Waals surface area contributed by atoms with Crippen molar-refractivity contribution in [3.8, 4) is 0 Å². The van der Waals surface area contributed by atoms with Crippen molar-refractivity contribution in [1.82, 2.24) is 0 Å². The van der Waals surface area contributed by atoms with E-state index >= 15 is 0 Å². The number of rotatable bonds is 45. The second kappa shape index (κ2) is 45.3. The van der Waals surface area contributed by atoms with E-state index in [1.165, 1.54) is 77.0 Å². The van der Waals surface area contributed by atoms with Gasteiger partial charge in [0.25, 0.3) is 6.29 Å². The smallest absolute Gasteiger partial charge is 0.361 e. The SMILES string of the molecule is CC/C=C\C/C=C\C/C=C\C/C=C\C/C=C\C/C=C\CCCCCCCCCCC(=O)OC(COC(=O)CCCCCCCCCCCCC)COC(OCC[N+](C)(C)C)C(=O)O. The molecule has 0 bridgehead atoms. The van der Waals surface area contributed by atoms with Gasteiger partial charge in [-0.15, -0.1) is 0 Å². The van der Waals surface area contributed by atoms with Crippen LogP contribution in [0.25, 0.3) is 0 Å². The van der Waals surface area contributed by atoms with Crippen molar-refractivity contribution in [3.05, 3.63) is 72.9 Å². The van der Waals surface area contributed by atoms with Crippen molar-refractivity contribution in [3.63, 3.8) is 0 Å². The maximum Gasteiger partial charge on any atom is 0.361 e. The molecule has 0 saturated carbocycles. The Morgan fingerprint density at radius 1 is 0.492 bits per heavy atom. The molecule has 0 radical (unpaired) electrons. The fourth-order valence-electron chi connectivity index (χ4n) is 6.60. The van der Waals surface area contributed by atoms with Gasteiger partial charge in [-0.05, 0) is 64.2 Å². The number of nitrogens with zero attached hydrogens (tertiary/aromatic N) is 1. The number of unbranched alkanes of at least 4 members (excludes halogenated alkanes) is 18. The number of esters is 2. The van der Waals surface area contributed by atoms with Gasteiger partial charge in [-0.3, -0.25) is 9.59 Å². The number of carbonyl (C=O) groups is 3. The van der Waals surface area contributed by atoms with E-state index < -0.39 is 24.3 Å². The third kappa shape index (κ3) is 46.5. The molecule has 0 amide bonds. The zero-order valence-electron chi connectivity index (χ0n) is 41.0. The van der Waals surface area contributed by atoms with Crippen molar-refractivity contribution in [1.29, 1.82) is 0 Å². The Kier molecular flexibility index (Phi) is 43.0. The number of allylic oxidation sites excluding steroid dienone is 12. The number of carbonyl (C=O) groups excluding carboxylic acids is 2. The number of aliphatic carboxylic acids is 1. The van der Waals surface area contributed by atoms with Gasteiger partial charge in [0.15, 0.2) is 6.10 Å². The van der Waals surface area contributed by atoms with Crippen molar-refractivity contribution < 1.29 is 42.9 Å². The molecule has 2 unspecified atom stereocenters. The normalized spacial score (nSPS) is 13.5. The number of carboxylic acids is 1. The molecule has 0 fully saturated rings. The monoisotopic (exact) mass is 885 g/mol. The minimum Gasteiger partial charge on any atom is -0.477 e. The van der Waals surface area contributed by atoms with Crippen LogP contribution < -0.4 is 0 Å². The molecule has 0 spiro atoms. The Balaban J connectivity index is 4.30. The molecule has 0 aromatic heterocycles. The number of quaternary nitrogens is 1. The zero-order valence-corrected chi connectivity index (χ0v) is 41.0. The third-order valence-corrected chi connectivity index (χ3v) is 10.5. The van der Waals surface area contributed by atoms with Gasteiger partial charge < -0.3 is 28.5 Å². The van der Waals surface area contributed by atoms with E-state index in [0.717, 1.165) is 83.5 Å². The predicted octanol–water partition coefficient (Wildman–Crippen LogP) is 13.9. The van der Waals surface area contributed by atoms with Crippen LogP contribution in [0.4, 0.5) is 0 Å². The minimum absolute atomic E-state index is 0.184. The van der Waals surface area contributed by atoms with Gasteiger partial charge in [0.05, 0.1) is 34.4 Å². The third-order valence-electron chi connectivity index (χ3n) is 10.5. The van der Waals surface area contributed by atoms with Crippen LogP contribution in [0, 0.1) is 0 Å². The van der Waals surface area contributed by atoms with E-state index in [1.54, 1.807) is 0 Å². The van der Waals surface area contributed by atoms with Crippen molar-refractivity contribution in [2.75, 3.05) is 47.5 Å². The van der Waals surface area contributed by atoms with Crippen molar-refractivity contribution in [2.45, 2.75) is 206 Å². The number of likely N-dealkylation sites (N-methyl/N-ethyl adjacent to an activating group) is 1. The molecule has 63 heavy (non-hydrogen) atoms. The zero-order chi connectivity index (χ0) is 46.3. The summed E-state index contributed by atoms with van der Waals surface area (Å²) in [4.78, 5) is 37.2. The van der Waals surface area contributed by atoms with Crippen LogP contribution in [0.3, 0.4) is 0 Å². The molecular weight excluding hydrogens is 791 g/mol. The number of ether oxygens (including phenoxy) is 4. The highest BCUT2D eigenvalue weighted by molar-refractivity contribution is 5.71. The van der Waals surface area contributed by atoms with Crippen molar-refractivity contribution >= 4 is 17.9 Å². The Morgan fingerprint density at radius 2 is 0.905 bits per heavy atom. The molecule has 0 aromatic carbocycles. The van der Waals surface area contributed by atoms with Gasteiger partial charge in [-0.25, -0.2) is 4.79 Å². The van der Waals surface area contributed by atoms with Crippen molar-refractivity contribution in [2.24, 2.45) is 0 Å². The molecule has 0 aliphatic carbocycles. The molecular formula is C54H94NO8+. The molecule has 0 heterocycles. The van der Waals surface area contributed by atoms with Crippen LogP contribution in [0.1, 0.15) is 194 Å². The summed E-state index contributed by atoms with van der Waals surface area (Å²) in [7, 11) is 5.95. The summed E-state index contributed by atoms with van der Waals surface area (Å²) in [6, 6.07) is 0. The average molecular weight is 885 g/mol. The maximum absolute atomic E-state index is 12.8. The predicted molar refractivity (Wildman–Crippen MR) is 263 cm³/mol. The molecule has 9 nitrogen and oxygen atoms in total. The van der Waals surface area contributed by atoms with E-state index in [2.05, 4.69) is 86.8 Å². The minimum atomic E-state index is -1.51. The van der Waals surface area contributed by atoms with Gasteiger partial charge in [-0.2, -0.15) is 0 Å². The van der Waals surface area contributed by atoms with E-state index in [9.17, 15) is 19.5 Å².